The van der Waals surface area contributed by atoms with Gasteiger partial charge in [-0.25, -0.2) is 4.68 Å². The summed E-state index contributed by atoms with van der Waals surface area (Å²) in [5, 5.41) is 10.6. The number of carbonyl (C=O) groups is 1. The number of hydrogen-bond acceptors (Lipinski definition) is 5. The van der Waals surface area contributed by atoms with Gasteiger partial charge in [0.25, 0.3) is 0 Å². The van der Waals surface area contributed by atoms with Crippen LogP contribution in [0.5, 0.6) is 11.6 Å². The van der Waals surface area contributed by atoms with Gasteiger partial charge in [0.05, 0.1) is 17.8 Å². The van der Waals surface area contributed by atoms with E-state index in [9.17, 15) is 4.79 Å². The maximum atomic E-state index is 12.5. The highest BCUT2D eigenvalue weighted by Gasteiger charge is 2.24. The summed E-state index contributed by atoms with van der Waals surface area (Å²) in [7, 11) is 1.79. The number of pyridine rings is 1. The Morgan fingerprint density at radius 1 is 1.52 bits per heavy atom. The Bertz CT molecular complexity index is 677. The second-order valence-electron chi connectivity index (χ2n) is 5.71. The topological polar surface area (TPSA) is 81.1 Å². The fourth-order valence-corrected chi connectivity index (χ4v) is 2.72. The van der Waals surface area contributed by atoms with Gasteiger partial charge in [-0.05, 0) is 38.4 Å². The van der Waals surface area contributed by atoms with Crippen molar-refractivity contribution in [3.8, 4) is 11.6 Å². The first-order valence-electron chi connectivity index (χ1n) is 7.78. The third-order valence-electron chi connectivity index (χ3n) is 3.93. The van der Waals surface area contributed by atoms with Crippen LogP contribution in [0.3, 0.4) is 0 Å². The number of nitrogens with zero attached hydrogens (tertiary/aromatic N) is 3. The van der Waals surface area contributed by atoms with E-state index in [0.29, 0.717) is 23.9 Å². The molecule has 1 amide bonds. The molecule has 0 saturated carbocycles. The number of amides is 1. The van der Waals surface area contributed by atoms with E-state index in [-0.39, 0.29) is 11.8 Å². The number of aryl methyl sites for hydroxylation is 2. The fourth-order valence-electron chi connectivity index (χ4n) is 2.72. The van der Waals surface area contributed by atoms with Gasteiger partial charge in [-0.3, -0.25) is 9.78 Å². The van der Waals surface area contributed by atoms with Crippen LogP contribution in [-0.2, 0) is 11.8 Å². The molecule has 1 unspecified atom stereocenters. The number of nitrogens with one attached hydrogen (secondary N) is 2. The van der Waals surface area contributed by atoms with Crippen molar-refractivity contribution < 1.29 is 9.53 Å². The summed E-state index contributed by atoms with van der Waals surface area (Å²) in [4.78, 5) is 16.5. The lowest BCUT2D eigenvalue weighted by molar-refractivity contribution is -0.120. The maximum Gasteiger partial charge on any atom is 0.241 e. The van der Waals surface area contributed by atoms with Crippen molar-refractivity contribution in [1.82, 2.24) is 20.1 Å². The molecule has 3 heterocycles. The Morgan fingerprint density at radius 2 is 2.39 bits per heavy atom. The van der Waals surface area contributed by atoms with Crippen LogP contribution in [0.2, 0.25) is 0 Å². The number of carbonyl (C=O) groups excluding carboxylic acids is 1. The maximum absolute atomic E-state index is 12.5. The minimum Gasteiger partial charge on any atom is -0.436 e. The van der Waals surface area contributed by atoms with Crippen molar-refractivity contribution in [3.63, 3.8) is 0 Å². The lowest BCUT2D eigenvalue weighted by Gasteiger charge is -2.22. The normalized spacial score (nSPS) is 17.7. The number of piperidine rings is 1. The fraction of sp³-hybridized carbons (Fsp3) is 0.438. The highest BCUT2D eigenvalue weighted by Crippen LogP contribution is 2.32. The Hall–Kier alpha value is -2.41. The van der Waals surface area contributed by atoms with Crippen LogP contribution >= 0.6 is 0 Å². The average Bonchev–Trinajstić information content (AvgIpc) is 2.83. The first-order chi connectivity index (χ1) is 11.1. The molecule has 2 N–H and O–H groups in total. The molecule has 0 bridgehead atoms. The zero-order valence-corrected chi connectivity index (χ0v) is 13.4. The highest BCUT2D eigenvalue weighted by molar-refractivity contribution is 5.94. The monoisotopic (exact) mass is 315 g/mol. The highest BCUT2D eigenvalue weighted by atomic mass is 16.5. The molecule has 0 spiro atoms. The zero-order valence-electron chi connectivity index (χ0n) is 13.4. The molecule has 3 rings (SSSR count). The smallest absolute Gasteiger partial charge is 0.241 e. The largest absolute Gasteiger partial charge is 0.436 e. The van der Waals surface area contributed by atoms with Gasteiger partial charge < -0.3 is 15.4 Å². The van der Waals surface area contributed by atoms with Crippen LogP contribution in [0.25, 0.3) is 0 Å². The molecule has 7 nitrogen and oxygen atoms in total. The average molecular weight is 315 g/mol. The van der Waals surface area contributed by atoms with E-state index >= 15 is 0 Å². The molecule has 1 saturated heterocycles. The van der Waals surface area contributed by atoms with Crippen LogP contribution in [-0.4, -0.2) is 33.8 Å². The van der Waals surface area contributed by atoms with Crippen LogP contribution < -0.4 is 15.4 Å². The molecule has 0 aromatic carbocycles. The molecule has 1 atom stereocenters. The van der Waals surface area contributed by atoms with Crippen LogP contribution in [0, 0.1) is 12.8 Å². The molecule has 0 aliphatic carbocycles. The molecule has 122 valence electrons. The molecular weight excluding hydrogens is 294 g/mol. The van der Waals surface area contributed by atoms with E-state index in [2.05, 4.69) is 20.7 Å². The second kappa shape index (κ2) is 6.78. The SMILES string of the molecule is Cc1nn(C)c(Oc2cccnc2)c1NC(=O)C1CCCNC1. The third kappa shape index (κ3) is 3.50. The van der Waals surface area contributed by atoms with E-state index < -0.39 is 0 Å². The predicted molar refractivity (Wildman–Crippen MR) is 86.5 cm³/mol. The minimum absolute atomic E-state index is 0.00402. The van der Waals surface area contributed by atoms with E-state index in [1.165, 1.54) is 0 Å². The molecule has 1 fully saturated rings. The lowest BCUT2D eigenvalue weighted by Crippen LogP contribution is -2.37. The molecule has 2 aromatic rings. The van der Waals surface area contributed by atoms with Crippen molar-refractivity contribution >= 4 is 11.6 Å². The van der Waals surface area contributed by atoms with E-state index in [4.69, 9.17) is 4.74 Å². The molecule has 0 radical (unpaired) electrons. The van der Waals surface area contributed by atoms with Crippen molar-refractivity contribution in [2.75, 3.05) is 18.4 Å². The third-order valence-corrected chi connectivity index (χ3v) is 3.93. The molecule has 1 aliphatic rings. The predicted octanol–water partition coefficient (Wildman–Crippen LogP) is 1.85. The van der Waals surface area contributed by atoms with Crippen molar-refractivity contribution in [1.29, 1.82) is 0 Å². The number of anilines is 1. The zero-order chi connectivity index (χ0) is 16.2. The second-order valence-corrected chi connectivity index (χ2v) is 5.71. The Labute approximate surface area is 135 Å². The van der Waals surface area contributed by atoms with Gasteiger partial charge in [0, 0.05) is 19.8 Å². The number of ether oxygens (including phenoxy) is 1. The van der Waals surface area contributed by atoms with Gasteiger partial charge in [-0.1, -0.05) is 0 Å². The first kappa shape index (κ1) is 15.5. The Balaban J connectivity index is 1.79. The summed E-state index contributed by atoms with van der Waals surface area (Å²) in [6, 6.07) is 3.61. The molecular formula is C16H21N5O2. The van der Waals surface area contributed by atoms with E-state index in [1.807, 2.05) is 13.0 Å². The molecule has 7 heteroatoms. The summed E-state index contributed by atoms with van der Waals surface area (Å²) >= 11 is 0. The van der Waals surface area contributed by atoms with Gasteiger partial charge >= 0.3 is 0 Å². The van der Waals surface area contributed by atoms with Gasteiger partial charge in [0.2, 0.25) is 11.8 Å². The molecule has 23 heavy (non-hydrogen) atoms. The van der Waals surface area contributed by atoms with Crippen molar-refractivity contribution in [2.24, 2.45) is 13.0 Å². The first-order valence-corrected chi connectivity index (χ1v) is 7.78. The Morgan fingerprint density at radius 3 is 3.09 bits per heavy atom. The molecule has 2 aromatic heterocycles. The summed E-state index contributed by atoms with van der Waals surface area (Å²) < 4.78 is 7.48. The minimum atomic E-state index is -0.0189. The van der Waals surface area contributed by atoms with Crippen LogP contribution in [0.15, 0.2) is 24.5 Å². The summed E-state index contributed by atoms with van der Waals surface area (Å²) in [5.74, 6) is 1.09. The molecule has 1 aliphatic heterocycles. The standard InChI is InChI=1S/C16H21N5O2/c1-11-14(19-15(22)12-5-3-7-17-9-12)16(21(2)20-11)23-13-6-4-8-18-10-13/h4,6,8,10,12,17H,3,5,7,9H2,1-2H3,(H,19,22). The van der Waals surface area contributed by atoms with E-state index in [1.54, 1.807) is 30.2 Å². The van der Waals surface area contributed by atoms with Crippen LogP contribution in [0.1, 0.15) is 18.5 Å². The quantitative estimate of drug-likeness (QED) is 0.900. The van der Waals surface area contributed by atoms with E-state index in [0.717, 1.165) is 25.1 Å². The summed E-state index contributed by atoms with van der Waals surface area (Å²) in [5.41, 5.74) is 1.34. The van der Waals surface area contributed by atoms with Gasteiger partial charge in [-0.2, -0.15) is 5.10 Å². The summed E-state index contributed by atoms with van der Waals surface area (Å²) in [6.45, 7) is 3.54. The van der Waals surface area contributed by atoms with Crippen molar-refractivity contribution in [2.45, 2.75) is 19.8 Å². The summed E-state index contributed by atoms with van der Waals surface area (Å²) in [6.07, 6.45) is 5.22. The van der Waals surface area contributed by atoms with Gasteiger partial charge in [-0.15, -0.1) is 0 Å². The number of rotatable bonds is 4. The number of aromatic nitrogens is 3. The lowest BCUT2D eigenvalue weighted by atomic mass is 9.99. The van der Waals surface area contributed by atoms with Gasteiger partial charge in [0.15, 0.2) is 0 Å². The number of hydrogen-bond donors (Lipinski definition) is 2. The van der Waals surface area contributed by atoms with Crippen molar-refractivity contribution in [3.05, 3.63) is 30.2 Å². The van der Waals surface area contributed by atoms with Crippen LogP contribution in [0.4, 0.5) is 5.69 Å². The Kier molecular flexibility index (Phi) is 4.57. The van der Waals surface area contributed by atoms with Gasteiger partial charge in [0.1, 0.15) is 11.4 Å².